The third-order valence-electron chi connectivity index (χ3n) is 2.68. The van der Waals surface area contributed by atoms with Crippen LogP contribution in [0.1, 0.15) is 52.2 Å². The van der Waals surface area contributed by atoms with Crippen LogP contribution in [0.4, 0.5) is 0 Å². The zero-order chi connectivity index (χ0) is 13.8. The topological polar surface area (TPSA) is 34.1 Å². The van der Waals surface area contributed by atoms with E-state index in [0.29, 0.717) is 0 Å². The number of ether oxygens (including phenoxy) is 1. The fraction of sp³-hybridized carbons (Fsp3) is 0.786. The zero-order valence-corrected chi connectivity index (χ0v) is 13.3. The molecule has 1 N–H and O–H groups in total. The number of hydrogen-bond donors (Lipinski definition) is 1. The Morgan fingerprint density at radius 2 is 1.94 bits per heavy atom. The van der Waals surface area contributed by atoms with Crippen molar-refractivity contribution in [3.8, 4) is 0 Å². The lowest BCUT2D eigenvalue weighted by Crippen LogP contribution is -2.37. The molecule has 0 aliphatic carbocycles. The van der Waals surface area contributed by atoms with Gasteiger partial charge in [-0.2, -0.15) is 0 Å². The van der Waals surface area contributed by atoms with E-state index < -0.39 is 0 Å². The second-order valence-electron chi connectivity index (χ2n) is 6.17. The average molecular weight is 270 g/mol. The third kappa shape index (κ3) is 5.04. The van der Waals surface area contributed by atoms with Crippen LogP contribution in [-0.2, 0) is 16.7 Å². The number of nitrogens with one attached hydrogen (secondary N) is 1. The lowest BCUT2D eigenvalue weighted by molar-refractivity contribution is -0.00897. The summed E-state index contributed by atoms with van der Waals surface area (Å²) in [4.78, 5) is 4.66. The molecular weight excluding hydrogens is 244 g/mol. The van der Waals surface area contributed by atoms with Crippen LogP contribution in [0.3, 0.4) is 0 Å². The number of nitrogens with zero attached hydrogens (tertiary/aromatic N) is 1. The fourth-order valence-corrected chi connectivity index (χ4v) is 2.64. The van der Waals surface area contributed by atoms with Crippen molar-refractivity contribution in [2.75, 3.05) is 13.2 Å². The molecule has 1 aromatic rings. The summed E-state index contributed by atoms with van der Waals surface area (Å²) in [6, 6.07) is 0. The average Bonchev–Trinajstić information content (AvgIpc) is 2.65. The van der Waals surface area contributed by atoms with Crippen LogP contribution < -0.4 is 5.32 Å². The number of aromatic nitrogens is 1. The molecule has 0 fully saturated rings. The minimum atomic E-state index is -0.112. The van der Waals surface area contributed by atoms with Crippen LogP contribution in [0.25, 0.3) is 0 Å². The summed E-state index contributed by atoms with van der Waals surface area (Å²) in [5, 5.41) is 6.72. The molecule has 0 bridgehead atoms. The molecule has 4 heteroatoms. The minimum Gasteiger partial charge on any atom is -0.375 e. The predicted octanol–water partition coefficient (Wildman–Crippen LogP) is 3.35. The van der Waals surface area contributed by atoms with Crippen molar-refractivity contribution in [3.05, 3.63) is 16.1 Å². The van der Waals surface area contributed by atoms with Crippen molar-refractivity contribution in [2.45, 2.75) is 59.1 Å². The molecule has 1 aromatic heterocycles. The maximum Gasteiger partial charge on any atom is 0.107 e. The van der Waals surface area contributed by atoms with Crippen LogP contribution in [0.2, 0.25) is 0 Å². The highest BCUT2D eigenvalue weighted by molar-refractivity contribution is 7.09. The van der Waals surface area contributed by atoms with Gasteiger partial charge < -0.3 is 10.1 Å². The van der Waals surface area contributed by atoms with E-state index in [2.05, 4.69) is 50.3 Å². The van der Waals surface area contributed by atoms with Crippen LogP contribution >= 0.6 is 11.3 Å². The summed E-state index contributed by atoms with van der Waals surface area (Å²) in [6.07, 6.45) is 0. The lowest BCUT2D eigenvalue weighted by Gasteiger charge is -2.24. The minimum absolute atomic E-state index is 0.112. The van der Waals surface area contributed by atoms with Crippen LogP contribution in [0.15, 0.2) is 5.38 Å². The molecule has 1 rings (SSSR count). The van der Waals surface area contributed by atoms with E-state index in [1.165, 1.54) is 5.69 Å². The van der Waals surface area contributed by atoms with Gasteiger partial charge >= 0.3 is 0 Å². The zero-order valence-electron chi connectivity index (χ0n) is 12.5. The molecule has 0 aliphatic heterocycles. The standard InChI is InChI=1S/C14H26N2OS/c1-7-17-14(5,6)10-15-8-12-16-11(9-18-12)13(2,3)4/h9,15H,7-8,10H2,1-6H3. The Hall–Kier alpha value is -0.450. The predicted molar refractivity (Wildman–Crippen MR) is 78.2 cm³/mol. The first-order chi connectivity index (χ1) is 8.24. The summed E-state index contributed by atoms with van der Waals surface area (Å²) >= 11 is 1.73. The van der Waals surface area contributed by atoms with E-state index in [-0.39, 0.29) is 11.0 Å². The van der Waals surface area contributed by atoms with Crippen LogP contribution in [0, 0.1) is 0 Å². The quantitative estimate of drug-likeness (QED) is 0.861. The van der Waals surface area contributed by atoms with Gasteiger partial charge in [-0.3, -0.25) is 0 Å². The largest absolute Gasteiger partial charge is 0.375 e. The highest BCUT2D eigenvalue weighted by Crippen LogP contribution is 2.23. The van der Waals surface area contributed by atoms with Crippen molar-refractivity contribution in [3.63, 3.8) is 0 Å². The molecular formula is C14H26N2OS. The highest BCUT2D eigenvalue weighted by atomic mass is 32.1. The fourth-order valence-electron chi connectivity index (χ4n) is 1.65. The lowest BCUT2D eigenvalue weighted by atomic mass is 9.93. The SMILES string of the molecule is CCOC(C)(C)CNCc1nc(C(C)(C)C)cs1. The van der Waals surface area contributed by atoms with Gasteiger partial charge in [0.05, 0.1) is 11.3 Å². The molecule has 1 heterocycles. The summed E-state index contributed by atoms with van der Waals surface area (Å²) in [5.74, 6) is 0. The van der Waals surface area contributed by atoms with Gasteiger partial charge in [-0.05, 0) is 20.8 Å². The highest BCUT2D eigenvalue weighted by Gasteiger charge is 2.19. The Labute approximate surface area is 115 Å². The number of rotatable bonds is 6. The Bertz CT molecular complexity index is 366. The molecule has 0 aliphatic rings. The molecule has 0 saturated carbocycles. The van der Waals surface area contributed by atoms with Gasteiger partial charge in [0.1, 0.15) is 5.01 Å². The van der Waals surface area contributed by atoms with Crippen molar-refractivity contribution in [2.24, 2.45) is 0 Å². The second-order valence-corrected chi connectivity index (χ2v) is 7.12. The van der Waals surface area contributed by atoms with Gasteiger partial charge in [0, 0.05) is 30.5 Å². The molecule has 0 saturated heterocycles. The van der Waals surface area contributed by atoms with Crippen molar-refractivity contribution >= 4 is 11.3 Å². The van der Waals surface area contributed by atoms with E-state index in [4.69, 9.17) is 4.74 Å². The normalized spacial score (nSPS) is 13.0. The molecule has 3 nitrogen and oxygen atoms in total. The van der Waals surface area contributed by atoms with Gasteiger partial charge in [-0.15, -0.1) is 11.3 Å². The van der Waals surface area contributed by atoms with Gasteiger partial charge in [0.15, 0.2) is 0 Å². The van der Waals surface area contributed by atoms with Gasteiger partial charge in [-0.1, -0.05) is 20.8 Å². The van der Waals surface area contributed by atoms with E-state index in [1.54, 1.807) is 11.3 Å². The summed E-state index contributed by atoms with van der Waals surface area (Å²) in [6.45, 7) is 15.2. The maximum atomic E-state index is 5.65. The van der Waals surface area contributed by atoms with Gasteiger partial charge in [-0.25, -0.2) is 4.98 Å². The van der Waals surface area contributed by atoms with Gasteiger partial charge in [0.2, 0.25) is 0 Å². The molecule has 0 aromatic carbocycles. The van der Waals surface area contributed by atoms with Crippen molar-refractivity contribution < 1.29 is 4.74 Å². The first kappa shape index (κ1) is 15.6. The molecule has 0 amide bonds. The second kappa shape index (κ2) is 6.13. The Morgan fingerprint density at radius 1 is 1.28 bits per heavy atom. The smallest absolute Gasteiger partial charge is 0.107 e. The number of thiazole rings is 1. The first-order valence-electron chi connectivity index (χ1n) is 6.54. The van der Waals surface area contributed by atoms with Crippen molar-refractivity contribution in [1.82, 2.24) is 10.3 Å². The molecule has 0 spiro atoms. The molecule has 0 unspecified atom stereocenters. The van der Waals surface area contributed by atoms with Crippen LogP contribution in [0.5, 0.6) is 0 Å². The molecule has 104 valence electrons. The van der Waals surface area contributed by atoms with E-state index >= 15 is 0 Å². The van der Waals surface area contributed by atoms with E-state index in [1.807, 2.05) is 6.92 Å². The summed E-state index contributed by atoms with van der Waals surface area (Å²) < 4.78 is 5.65. The Kier molecular flexibility index (Phi) is 5.32. The molecule has 0 atom stereocenters. The maximum absolute atomic E-state index is 5.65. The Morgan fingerprint density at radius 3 is 2.44 bits per heavy atom. The molecule has 0 radical (unpaired) electrons. The summed E-state index contributed by atoms with van der Waals surface area (Å²) in [7, 11) is 0. The monoisotopic (exact) mass is 270 g/mol. The van der Waals surface area contributed by atoms with Crippen LogP contribution in [-0.4, -0.2) is 23.7 Å². The Balaban J connectivity index is 2.43. The van der Waals surface area contributed by atoms with E-state index in [9.17, 15) is 0 Å². The third-order valence-corrected chi connectivity index (χ3v) is 3.53. The summed E-state index contributed by atoms with van der Waals surface area (Å²) in [5.41, 5.74) is 1.20. The number of hydrogen-bond acceptors (Lipinski definition) is 4. The van der Waals surface area contributed by atoms with Gasteiger partial charge in [0.25, 0.3) is 0 Å². The first-order valence-corrected chi connectivity index (χ1v) is 7.42. The van der Waals surface area contributed by atoms with E-state index in [0.717, 1.165) is 24.7 Å². The molecule has 18 heavy (non-hydrogen) atoms. The van der Waals surface area contributed by atoms with Crippen molar-refractivity contribution in [1.29, 1.82) is 0 Å².